The van der Waals surface area contributed by atoms with E-state index in [0.717, 1.165) is 0 Å². The molecule has 2 aromatic rings. The van der Waals surface area contributed by atoms with Gasteiger partial charge in [-0.3, -0.25) is 9.59 Å². The number of amides is 2. The highest BCUT2D eigenvalue weighted by atomic mass is 16.5. The minimum atomic E-state index is -0.556. The molecule has 0 spiro atoms. The molecule has 2 amide bonds. The zero-order valence-electron chi connectivity index (χ0n) is 14.2. The summed E-state index contributed by atoms with van der Waals surface area (Å²) in [5.74, 6) is 0.452. The highest BCUT2D eigenvalue weighted by molar-refractivity contribution is 5.92. The number of anilines is 1. The third-order valence-corrected chi connectivity index (χ3v) is 3.42. The molecule has 0 aliphatic carbocycles. The van der Waals surface area contributed by atoms with Crippen molar-refractivity contribution in [3.8, 4) is 17.2 Å². The number of primary amides is 1. The Morgan fingerprint density at radius 3 is 2.28 bits per heavy atom. The van der Waals surface area contributed by atoms with E-state index in [1.807, 2.05) is 0 Å². The molecule has 132 valence electrons. The van der Waals surface area contributed by atoms with Gasteiger partial charge in [0.25, 0.3) is 11.8 Å². The number of pyridine rings is 1. The number of methoxy groups -OCH3 is 3. The summed E-state index contributed by atoms with van der Waals surface area (Å²) in [4.78, 5) is 23.5. The van der Waals surface area contributed by atoms with E-state index in [0.29, 0.717) is 28.5 Å². The van der Waals surface area contributed by atoms with Crippen LogP contribution in [0.25, 0.3) is 0 Å². The molecule has 2 rings (SSSR count). The standard InChI is InChI=1S/C17H19N3O5/c1-23-13-7-12(8-14(24-2)16(13)25-3)19-15(21)10-20-6-4-5-11(9-20)17(18)22/h4-9H,10H2,1-3H3,(H2-,18,19,21,22)/p+1. The number of hydrogen-bond donors (Lipinski definition) is 2. The number of ether oxygens (including phenoxy) is 3. The highest BCUT2D eigenvalue weighted by Gasteiger charge is 2.16. The van der Waals surface area contributed by atoms with Crippen molar-refractivity contribution in [1.29, 1.82) is 0 Å². The molecule has 0 bridgehead atoms. The minimum Gasteiger partial charge on any atom is -0.493 e. The topological polar surface area (TPSA) is 104 Å². The van der Waals surface area contributed by atoms with Crippen molar-refractivity contribution in [2.24, 2.45) is 5.73 Å². The van der Waals surface area contributed by atoms with Crippen LogP contribution in [0.3, 0.4) is 0 Å². The van der Waals surface area contributed by atoms with Gasteiger partial charge in [-0.1, -0.05) is 0 Å². The van der Waals surface area contributed by atoms with Gasteiger partial charge in [0.05, 0.1) is 21.3 Å². The third-order valence-electron chi connectivity index (χ3n) is 3.42. The molecule has 0 radical (unpaired) electrons. The Kier molecular flexibility index (Phi) is 5.78. The second-order valence-corrected chi connectivity index (χ2v) is 5.09. The monoisotopic (exact) mass is 346 g/mol. The van der Waals surface area contributed by atoms with E-state index in [1.54, 1.807) is 35.0 Å². The van der Waals surface area contributed by atoms with Gasteiger partial charge in [-0.05, 0) is 6.07 Å². The second-order valence-electron chi connectivity index (χ2n) is 5.09. The summed E-state index contributed by atoms with van der Waals surface area (Å²) in [7, 11) is 4.49. The maximum Gasteiger partial charge on any atom is 0.290 e. The van der Waals surface area contributed by atoms with Crippen molar-refractivity contribution in [3.05, 3.63) is 42.2 Å². The van der Waals surface area contributed by atoms with Gasteiger partial charge in [0.2, 0.25) is 12.3 Å². The first kappa shape index (κ1) is 18.1. The first-order valence-electron chi connectivity index (χ1n) is 7.37. The number of hydrogen-bond acceptors (Lipinski definition) is 5. The van der Waals surface area contributed by atoms with E-state index in [2.05, 4.69) is 5.32 Å². The highest BCUT2D eigenvalue weighted by Crippen LogP contribution is 2.39. The summed E-state index contributed by atoms with van der Waals surface area (Å²) in [6.07, 6.45) is 3.18. The fraction of sp³-hybridized carbons (Fsp3) is 0.235. The molecule has 8 heteroatoms. The fourth-order valence-electron chi connectivity index (χ4n) is 2.29. The van der Waals surface area contributed by atoms with Gasteiger partial charge in [0, 0.05) is 23.9 Å². The lowest BCUT2D eigenvalue weighted by Gasteiger charge is -2.14. The zero-order valence-corrected chi connectivity index (χ0v) is 14.2. The van der Waals surface area contributed by atoms with Gasteiger partial charge in [-0.25, -0.2) is 0 Å². The summed E-state index contributed by atoms with van der Waals surface area (Å²) in [5.41, 5.74) is 6.05. The van der Waals surface area contributed by atoms with Gasteiger partial charge in [0.15, 0.2) is 23.9 Å². The fourth-order valence-corrected chi connectivity index (χ4v) is 2.29. The molecule has 0 aliphatic heterocycles. The van der Waals surface area contributed by atoms with Crippen LogP contribution < -0.4 is 29.8 Å². The minimum absolute atomic E-state index is 0.0117. The van der Waals surface area contributed by atoms with E-state index >= 15 is 0 Å². The molecule has 0 saturated heterocycles. The number of aromatic nitrogens is 1. The quantitative estimate of drug-likeness (QED) is 0.720. The Balaban J connectivity index is 2.17. The molecule has 0 saturated carbocycles. The number of carbonyl (C=O) groups is 2. The number of nitrogens with two attached hydrogens (primary N) is 1. The molecule has 0 aliphatic rings. The predicted octanol–water partition coefficient (Wildman–Crippen LogP) is 0.737. The van der Waals surface area contributed by atoms with Gasteiger partial charge < -0.3 is 25.3 Å². The molecular weight excluding hydrogens is 326 g/mol. The van der Waals surface area contributed by atoms with Gasteiger partial charge in [0.1, 0.15) is 5.56 Å². The zero-order chi connectivity index (χ0) is 18.4. The van der Waals surface area contributed by atoms with Gasteiger partial charge >= 0.3 is 0 Å². The number of benzene rings is 1. The van der Waals surface area contributed by atoms with Crippen LogP contribution in [0.15, 0.2) is 36.7 Å². The lowest BCUT2D eigenvalue weighted by atomic mass is 10.2. The summed E-state index contributed by atoms with van der Waals surface area (Å²) in [5, 5.41) is 2.75. The third kappa shape index (κ3) is 4.37. The Bertz CT molecular complexity index is 767. The Morgan fingerprint density at radius 1 is 1.12 bits per heavy atom. The SMILES string of the molecule is COc1cc(NC(=O)C[n+]2cccc(C(N)=O)c2)cc(OC)c1OC. The number of rotatable bonds is 7. The van der Waals surface area contributed by atoms with E-state index in [9.17, 15) is 9.59 Å². The molecule has 3 N–H and O–H groups in total. The van der Waals surface area contributed by atoms with Crippen LogP contribution in [0.1, 0.15) is 10.4 Å². The van der Waals surface area contributed by atoms with Crippen molar-refractivity contribution in [1.82, 2.24) is 0 Å². The Labute approximate surface area is 145 Å². The summed E-state index contributed by atoms with van der Waals surface area (Å²) < 4.78 is 17.3. The van der Waals surface area contributed by atoms with Crippen molar-refractivity contribution in [2.45, 2.75) is 6.54 Å². The average Bonchev–Trinajstić information content (AvgIpc) is 2.60. The van der Waals surface area contributed by atoms with E-state index < -0.39 is 5.91 Å². The van der Waals surface area contributed by atoms with Crippen molar-refractivity contribution in [3.63, 3.8) is 0 Å². The van der Waals surface area contributed by atoms with Crippen LogP contribution in [0.4, 0.5) is 5.69 Å². The van der Waals surface area contributed by atoms with Crippen LogP contribution in [0, 0.1) is 0 Å². The van der Waals surface area contributed by atoms with Crippen LogP contribution in [0.5, 0.6) is 17.2 Å². The summed E-state index contributed by atoms with van der Waals surface area (Å²) in [6.45, 7) is 0.0117. The van der Waals surface area contributed by atoms with Crippen LogP contribution in [-0.4, -0.2) is 33.1 Å². The van der Waals surface area contributed by atoms with E-state index in [1.165, 1.54) is 27.5 Å². The van der Waals surface area contributed by atoms with Gasteiger partial charge in [-0.2, -0.15) is 4.57 Å². The van der Waals surface area contributed by atoms with Crippen LogP contribution in [-0.2, 0) is 11.3 Å². The van der Waals surface area contributed by atoms with E-state index in [-0.39, 0.29) is 12.5 Å². The molecule has 1 aromatic carbocycles. The normalized spacial score (nSPS) is 10.0. The van der Waals surface area contributed by atoms with Crippen LogP contribution in [0.2, 0.25) is 0 Å². The first-order chi connectivity index (χ1) is 12.0. The molecule has 1 aromatic heterocycles. The predicted molar refractivity (Wildman–Crippen MR) is 89.9 cm³/mol. The molecule has 0 unspecified atom stereocenters. The maximum atomic E-state index is 12.3. The lowest BCUT2D eigenvalue weighted by molar-refractivity contribution is -0.684. The van der Waals surface area contributed by atoms with Gasteiger partial charge in [-0.15, -0.1) is 0 Å². The van der Waals surface area contributed by atoms with Crippen molar-refractivity contribution >= 4 is 17.5 Å². The van der Waals surface area contributed by atoms with Crippen LogP contribution >= 0.6 is 0 Å². The van der Waals surface area contributed by atoms with Crippen molar-refractivity contribution in [2.75, 3.05) is 26.6 Å². The number of carbonyl (C=O) groups excluding carboxylic acids is 2. The number of nitrogens with one attached hydrogen (secondary N) is 1. The first-order valence-corrected chi connectivity index (χ1v) is 7.37. The molecule has 25 heavy (non-hydrogen) atoms. The lowest BCUT2D eigenvalue weighted by Crippen LogP contribution is -2.40. The largest absolute Gasteiger partial charge is 0.493 e. The second kappa shape index (κ2) is 8.00. The average molecular weight is 346 g/mol. The molecule has 8 nitrogen and oxygen atoms in total. The maximum absolute atomic E-state index is 12.3. The van der Waals surface area contributed by atoms with Crippen molar-refractivity contribution < 1.29 is 28.4 Å². The smallest absolute Gasteiger partial charge is 0.290 e. The Hall–Kier alpha value is -3.29. The molecule has 0 atom stereocenters. The molecular formula is C17H20N3O5+. The van der Waals surface area contributed by atoms with E-state index in [4.69, 9.17) is 19.9 Å². The summed E-state index contributed by atoms with van der Waals surface area (Å²) >= 11 is 0. The summed E-state index contributed by atoms with van der Waals surface area (Å²) in [6, 6.07) is 6.48. The number of nitrogens with zero attached hydrogens (tertiary/aromatic N) is 1. The Morgan fingerprint density at radius 2 is 1.76 bits per heavy atom. The molecule has 0 fully saturated rings. The molecule has 1 heterocycles.